The van der Waals surface area contributed by atoms with E-state index in [1.165, 1.54) is 89.9 Å². The Bertz CT molecular complexity index is 999. The van der Waals surface area contributed by atoms with Gasteiger partial charge in [0.1, 0.15) is 6.61 Å². The van der Waals surface area contributed by atoms with Gasteiger partial charge >= 0.3 is 11.9 Å². The lowest BCUT2D eigenvalue weighted by Gasteiger charge is -2.15. The van der Waals surface area contributed by atoms with Crippen LogP contribution in [0.4, 0.5) is 0 Å². The van der Waals surface area contributed by atoms with E-state index in [0.29, 0.717) is 12.8 Å². The average Bonchev–Trinajstić information content (AvgIpc) is 3.15. The number of carbonyl (C=O) groups is 2. The molecule has 0 heterocycles. The van der Waals surface area contributed by atoms with Crippen LogP contribution in [0.1, 0.15) is 181 Å². The minimum absolute atomic E-state index is 0.101. The standard InChI is InChI=1S/C47H78O5/c1-3-5-7-9-11-13-15-17-19-21-23-25-27-29-31-33-35-37-39-41-46(49)51-44-45(43-48)52-47(50)42-40-38-36-34-32-30-28-26-24-22-20-18-16-14-12-10-8-6-4-2/h6,8,12,14,17-20,24,26,30,32,36,38,45,48H,3-5,7,9-11,13,15-16,21-23,25,27-29,31,33-35,37,39-44H2,1-2H3. The lowest BCUT2D eigenvalue weighted by atomic mass is 10.1. The van der Waals surface area contributed by atoms with Crippen LogP contribution in [0, 0.1) is 0 Å². The zero-order chi connectivity index (χ0) is 37.8. The van der Waals surface area contributed by atoms with E-state index in [9.17, 15) is 14.7 Å². The molecule has 1 unspecified atom stereocenters. The lowest BCUT2D eigenvalue weighted by Crippen LogP contribution is -2.28. The van der Waals surface area contributed by atoms with Crippen LogP contribution >= 0.6 is 0 Å². The summed E-state index contributed by atoms with van der Waals surface area (Å²) in [5.41, 5.74) is 0. The zero-order valence-electron chi connectivity index (χ0n) is 33.5. The van der Waals surface area contributed by atoms with Crippen molar-refractivity contribution < 1.29 is 24.2 Å². The summed E-state index contributed by atoms with van der Waals surface area (Å²) < 4.78 is 10.6. The number of aliphatic hydroxyl groups is 1. The molecule has 0 saturated carbocycles. The van der Waals surface area contributed by atoms with E-state index >= 15 is 0 Å². The number of hydrogen-bond donors (Lipinski definition) is 1. The average molecular weight is 723 g/mol. The number of allylic oxidation sites excluding steroid dienone is 14. The number of carbonyl (C=O) groups excluding carboxylic acids is 2. The van der Waals surface area contributed by atoms with E-state index in [1.54, 1.807) is 0 Å². The van der Waals surface area contributed by atoms with Crippen molar-refractivity contribution in [3.8, 4) is 0 Å². The van der Waals surface area contributed by atoms with Gasteiger partial charge in [0.05, 0.1) is 6.61 Å². The van der Waals surface area contributed by atoms with Crippen molar-refractivity contribution in [3.05, 3.63) is 85.1 Å². The maximum Gasteiger partial charge on any atom is 0.306 e. The maximum absolute atomic E-state index is 12.2. The molecule has 0 amide bonds. The monoisotopic (exact) mass is 723 g/mol. The van der Waals surface area contributed by atoms with E-state index in [0.717, 1.165) is 57.8 Å². The SMILES string of the molecule is CCC=CCC=CCC=CCC=CCC=CCC=CCCC(=O)OC(CO)COC(=O)CCCCCCCCCCCC=CCCCCCCCC. The van der Waals surface area contributed by atoms with Crippen LogP contribution in [0.2, 0.25) is 0 Å². The fraction of sp³-hybridized carbons (Fsp3) is 0.660. The third-order valence-corrected chi connectivity index (χ3v) is 8.69. The molecule has 5 nitrogen and oxygen atoms in total. The number of rotatable bonds is 37. The first-order valence-electron chi connectivity index (χ1n) is 21.1. The zero-order valence-corrected chi connectivity index (χ0v) is 33.5. The molecule has 0 spiro atoms. The highest BCUT2D eigenvalue weighted by Crippen LogP contribution is 2.13. The molecular formula is C47H78O5. The molecule has 52 heavy (non-hydrogen) atoms. The molecule has 1 N–H and O–H groups in total. The summed E-state index contributed by atoms with van der Waals surface area (Å²) in [6.07, 6.45) is 58.0. The largest absolute Gasteiger partial charge is 0.462 e. The van der Waals surface area contributed by atoms with Crippen LogP contribution in [-0.2, 0) is 19.1 Å². The summed E-state index contributed by atoms with van der Waals surface area (Å²) in [4.78, 5) is 24.3. The Kier molecular flexibility index (Phi) is 40.1. The highest BCUT2D eigenvalue weighted by Gasteiger charge is 2.15. The van der Waals surface area contributed by atoms with Crippen LogP contribution in [0.15, 0.2) is 85.1 Å². The van der Waals surface area contributed by atoms with Crippen LogP contribution in [0.3, 0.4) is 0 Å². The second kappa shape index (κ2) is 42.5. The number of unbranched alkanes of at least 4 members (excludes halogenated alkanes) is 15. The van der Waals surface area contributed by atoms with Crippen LogP contribution in [-0.4, -0.2) is 36.4 Å². The second-order valence-electron chi connectivity index (χ2n) is 13.7. The summed E-state index contributed by atoms with van der Waals surface area (Å²) in [6.45, 7) is 3.95. The smallest absolute Gasteiger partial charge is 0.306 e. The molecule has 0 aliphatic rings. The second-order valence-corrected chi connectivity index (χ2v) is 13.7. The number of aliphatic hydroxyl groups excluding tert-OH is 1. The normalized spacial score (nSPS) is 13.1. The number of esters is 2. The van der Waals surface area contributed by atoms with Gasteiger partial charge in [-0.1, -0.05) is 176 Å². The minimum Gasteiger partial charge on any atom is -0.462 e. The quantitative estimate of drug-likeness (QED) is 0.0393. The summed E-state index contributed by atoms with van der Waals surface area (Å²) >= 11 is 0. The summed E-state index contributed by atoms with van der Waals surface area (Å²) in [5, 5.41) is 9.56. The van der Waals surface area contributed by atoms with Gasteiger partial charge in [0.15, 0.2) is 6.10 Å². The molecule has 296 valence electrons. The summed E-state index contributed by atoms with van der Waals surface area (Å²) in [7, 11) is 0. The fourth-order valence-corrected chi connectivity index (χ4v) is 5.51. The van der Waals surface area contributed by atoms with E-state index in [-0.39, 0.29) is 25.6 Å². The van der Waals surface area contributed by atoms with Crippen molar-refractivity contribution in [2.24, 2.45) is 0 Å². The van der Waals surface area contributed by atoms with Crippen LogP contribution in [0.5, 0.6) is 0 Å². The Balaban J connectivity index is 3.68. The first-order valence-corrected chi connectivity index (χ1v) is 21.1. The molecule has 0 aromatic carbocycles. The molecule has 0 bridgehead atoms. The van der Waals surface area contributed by atoms with Gasteiger partial charge in [0.2, 0.25) is 0 Å². The van der Waals surface area contributed by atoms with Gasteiger partial charge in [0.25, 0.3) is 0 Å². The van der Waals surface area contributed by atoms with E-state index in [2.05, 4.69) is 86.8 Å². The van der Waals surface area contributed by atoms with Crippen LogP contribution < -0.4 is 0 Å². The first kappa shape index (κ1) is 49.1. The molecule has 0 aromatic rings. The molecule has 0 radical (unpaired) electrons. The molecule has 5 heteroatoms. The molecule has 0 rings (SSSR count). The van der Waals surface area contributed by atoms with Crippen molar-refractivity contribution >= 4 is 11.9 Å². The Morgan fingerprint density at radius 2 is 0.865 bits per heavy atom. The van der Waals surface area contributed by atoms with E-state index in [1.807, 2.05) is 12.2 Å². The third kappa shape index (κ3) is 39.9. The maximum atomic E-state index is 12.2. The van der Waals surface area contributed by atoms with Gasteiger partial charge in [-0.25, -0.2) is 0 Å². The highest BCUT2D eigenvalue weighted by molar-refractivity contribution is 5.70. The molecular weight excluding hydrogens is 645 g/mol. The fourth-order valence-electron chi connectivity index (χ4n) is 5.51. The Hall–Kier alpha value is -2.92. The van der Waals surface area contributed by atoms with Crippen molar-refractivity contribution in [3.63, 3.8) is 0 Å². The molecule has 1 atom stereocenters. The first-order chi connectivity index (χ1) is 25.6. The molecule has 0 aliphatic carbocycles. The van der Waals surface area contributed by atoms with Gasteiger partial charge in [-0.05, 0) is 77.0 Å². The van der Waals surface area contributed by atoms with Crippen molar-refractivity contribution in [1.29, 1.82) is 0 Å². The van der Waals surface area contributed by atoms with E-state index in [4.69, 9.17) is 9.47 Å². The van der Waals surface area contributed by atoms with Crippen molar-refractivity contribution in [1.82, 2.24) is 0 Å². The van der Waals surface area contributed by atoms with Gasteiger partial charge in [-0.15, -0.1) is 0 Å². The van der Waals surface area contributed by atoms with Gasteiger partial charge in [-0.3, -0.25) is 9.59 Å². The van der Waals surface area contributed by atoms with Gasteiger partial charge < -0.3 is 14.6 Å². The van der Waals surface area contributed by atoms with Gasteiger partial charge in [-0.2, -0.15) is 0 Å². The third-order valence-electron chi connectivity index (χ3n) is 8.69. The Morgan fingerprint density at radius 1 is 0.462 bits per heavy atom. The highest BCUT2D eigenvalue weighted by atomic mass is 16.6. The summed E-state index contributed by atoms with van der Waals surface area (Å²) in [5.74, 6) is -0.696. The van der Waals surface area contributed by atoms with Crippen LogP contribution in [0.25, 0.3) is 0 Å². The molecule has 0 saturated heterocycles. The van der Waals surface area contributed by atoms with Crippen molar-refractivity contribution in [2.75, 3.05) is 13.2 Å². The molecule has 0 aliphatic heterocycles. The Morgan fingerprint density at radius 3 is 1.33 bits per heavy atom. The number of ether oxygens (including phenoxy) is 2. The molecule has 0 fully saturated rings. The van der Waals surface area contributed by atoms with Gasteiger partial charge in [0, 0.05) is 12.8 Å². The molecule has 0 aromatic heterocycles. The van der Waals surface area contributed by atoms with Crippen molar-refractivity contribution in [2.45, 2.75) is 187 Å². The predicted octanol–water partition coefficient (Wildman–Crippen LogP) is 13.5. The Labute approximate surface area is 320 Å². The lowest BCUT2D eigenvalue weighted by molar-refractivity contribution is -0.161. The van der Waals surface area contributed by atoms with E-state index < -0.39 is 12.1 Å². The summed E-state index contributed by atoms with van der Waals surface area (Å²) in [6, 6.07) is 0. The number of hydrogen-bond acceptors (Lipinski definition) is 5. The minimum atomic E-state index is -0.817. The predicted molar refractivity (Wildman–Crippen MR) is 223 cm³/mol. The topological polar surface area (TPSA) is 72.8 Å².